The van der Waals surface area contributed by atoms with Crippen LogP contribution in [-0.2, 0) is 11.3 Å². The Kier molecular flexibility index (Phi) is 6.55. The molecule has 2 rings (SSSR count). The zero-order valence-electron chi connectivity index (χ0n) is 14.0. The summed E-state index contributed by atoms with van der Waals surface area (Å²) in [6, 6.07) is 14.2. The fourth-order valence-electron chi connectivity index (χ4n) is 2.41. The van der Waals surface area contributed by atoms with Crippen molar-refractivity contribution in [3.05, 3.63) is 72.1 Å². The van der Waals surface area contributed by atoms with E-state index in [4.69, 9.17) is 0 Å². The molecule has 0 aliphatic rings. The second-order valence-electron chi connectivity index (χ2n) is 5.68. The van der Waals surface area contributed by atoms with Crippen molar-refractivity contribution in [2.24, 2.45) is 0 Å². The number of rotatable bonds is 7. The number of hydrogen-bond acceptors (Lipinski definition) is 1. The van der Waals surface area contributed by atoms with Gasteiger partial charge in [-0.05, 0) is 25.3 Å². The molecule has 0 atom stereocenters. The second kappa shape index (κ2) is 8.89. The summed E-state index contributed by atoms with van der Waals surface area (Å²) in [5, 5.41) is 2.98. The molecule has 0 aliphatic heterocycles. The summed E-state index contributed by atoms with van der Waals surface area (Å²) in [7, 11) is 0. The molecule has 3 heteroatoms. The van der Waals surface area contributed by atoms with Gasteiger partial charge in [0, 0.05) is 37.2 Å². The minimum atomic E-state index is 0.107. The first-order valence-electron chi connectivity index (χ1n) is 8.17. The van der Waals surface area contributed by atoms with E-state index in [0.717, 1.165) is 24.1 Å². The Morgan fingerprint density at radius 3 is 2.43 bits per heavy atom. The SMILES string of the molecule is CC/C=C(\C)CCC(=O)NCc1ccc(-[n+]2ccccc2)cc1. The van der Waals surface area contributed by atoms with Crippen LogP contribution in [0.4, 0.5) is 0 Å². The minimum Gasteiger partial charge on any atom is -0.352 e. The quantitative estimate of drug-likeness (QED) is 0.614. The molecule has 0 bridgehead atoms. The van der Waals surface area contributed by atoms with Crippen LogP contribution in [-0.4, -0.2) is 5.91 Å². The highest BCUT2D eigenvalue weighted by Gasteiger charge is 2.05. The van der Waals surface area contributed by atoms with Crippen LogP contribution in [0.15, 0.2) is 66.5 Å². The van der Waals surface area contributed by atoms with Gasteiger partial charge in [-0.3, -0.25) is 4.79 Å². The fourth-order valence-corrected chi connectivity index (χ4v) is 2.41. The predicted octanol–water partition coefficient (Wildman–Crippen LogP) is 3.72. The van der Waals surface area contributed by atoms with Gasteiger partial charge in [0.05, 0.1) is 0 Å². The lowest BCUT2D eigenvalue weighted by Gasteiger charge is -2.06. The van der Waals surface area contributed by atoms with Crippen molar-refractivity contribution in [1.82, 2.24) is 5.32 Å². The zero-order valence-corrected chi connectivity index (χ0v) is 14.0. The molecule has 23 heavy (non-hydrogen) atoms. The Hall–Kier alpha value is -2.42. The van der Waals surface area contributed by atoms with Crippen molar-refractivity contribution in [1.29, 1.82) is 0 Å². The zero-order chi connectivity index (χ0) is 16.5. The first-order valence-corrected chi connectivity index (χ1v) is 8.17. The minimum absolute atomic E-state index is 0.107. The van der Waals surface area contributed by atoms with Crippen LogP contribution in [0.25, 0.3) is 5.69 Å². The maximum atomic E-state index is 11.9. The van der Waals surface area contributed by atoms with Crippen LogP contribution >= 0.6 is 0 Å². The molecule has 2 aromatic rings. The first-order chi connectivity index (χ1) is 11.2. The summed E-state index contributed by atoms with van der Waals surface area (Å²) < 4.78 is 2.06. The standard InChI is InChI=1S/C20H24N2O/c1-3-7-17(2)8-13-20(23)21-16-18-9-11-19(12-10-18)22-14-5-4-6-15-22/h4-7,9-12,14-15H,3,8,13,16H2,1-2H3/p+1/b17-7+. The average molecular weight is 309 g/mol. The number of nitrogens with zero attached hydrogens (tertiary/aromatic N) is 1. The molecule has 1 aromatic heterocycles. The summed E-state index contributed by atoms with van der Waals surface area (Å²) in [6.07, 6.45) is 8.63. The van der Waals surface area contributed by atoms with Crippen LogP contribution in [0.1, 0.15) is 38.7 Å². The van der Waals surface area contributed by atoms with Crippen LogP contribution in [0, 0.1) is 0 Å². The molecule has 3 nitrogen and oxygen atoms in total. The lowest BCUT2D eigenvalue weighted by molar-refractivity contribution is -0.595. The summed E-state index contributed by atoms with van der Waals surface area (Å²) in [5.41, 5.74) is 3.51. The highest BCUT2D eigenvalue weighted by atomic mass is 16.1. The Morgan fingerprint density at radius 2 is 1.78 bits per heavy atom. The second-order valence-corrected chi connectivity index (χ2v) is 5.68. The number of hydrogen-bond donors (Lipinski definition) is 1. The molecule has 0 aliphatic carbocycles. The van der Waals surface area contributed by atoms with Crippen LogP contribution in [0.3, 0.4) is 0 Å². The molecule has 0 radical (unpaired) electrons. The van der Waals surface area contributed by atoms with Gasteiger partial charge in [-0.25, -0.2) is 0 Å². The number of carbonyl (C=O) groups excluding carboxylic acids is 1. The summed E-state index contributed by atoms with van der Waals surface area (Å²) in [4.78, 5) is 11.9. The van der Waals surface area contributed by atoms with Gasteiger partial charge < -0.3 is 5.32 Å². The van der Waals surface area contributed by atoms with E-state index >= 15 is 0 Å². The number of nitrogens with one attached hydrogen (secondary N) is 1. The van der Waals surface area contributed by atoms with E-state index in [-0.39, 0.29) is 5.91 Å². The average Bonchev–Trinajstić information content (AvgIpc) is 2.59. The number of allylic oxidation sites excluding steroid dienone is 2. The predicted molar refractivity (Wildman–Crippen MR) is 93.1 cm³/mol. The Labute approximate surface area is 138 Å². The lowest BCUT2D eigenvalue weighted by atomic mass is 10.1. The molecular formula is C20H25N2O+. The third-order valence-corrected chi connectivity index (χ3v) is 3.74. The molecule has 1 aromatic carbocycles. The van der Waals surface area contributed by atoms with Gasteiger partial charge >= 0.3 is 0 Å². The van der Waals surface area contributed by atoms with Crippen molar-refractivity contribution in [3.8, 4) is 5.69 Å². The van der Waals surface area contributed by atoms with Gasteiger partial charge in [-0.15, -0.1) is 0 Å². The highest BCUT2D eigenvalue weighted by molar-refractivity contribution is 5.76. The van der Waals surface area contributed by atoms with E-state index in [1.54, 1.807) is 0 Å². The first kappa shape index (κ1) is 16.9. The molecule has 0 saturated heterocycles. The van der Waals surface area contributed by atoms with Gasteiger partial charge in [-0.1, -0.05) is 36.8 Å². The highest BCUT2D eigenvalue weighted by Crippen LogP contribution is 2.06. The van der Waals surface area contributed by atoms with E-state index < -0.39 is 0 Å². The largest absolute Gasteiger partial charge is 0.352 e. The van der Waals surface area contributed by atoms with Crippen molar-refractivity contribution in [2.75, 3.05) is 0 Å². The van der Waals surface area contributed by atoms with E-state index in [0.29, 0.717) is 13.0 Å². The van der Waals surface area contributed by atoms with Gasteiger partial charge in [0.2, 0.25) is 11.6 Å². The molecular weight excluding hydrogens is 284 g/mol. The number of aromatic nitrogens is 1. The smallest absolute Gasteiger partial charge is 0.220 e. The molecule has 0 unspecified atom stereocenters. The maximum Gasteiger partial charge on any atom is 0.220 e. The Morgan fingerprint density at radius 1 is 1.09 bits per heavy atom. The van der Waals surface area contributed by atoms with Crippen LogP contribution in [0.2, 0.25) is 0 Å². The number of carbonyl (C=O) groups is 1. The summed E-state index contributed by atoms with van der Waals surface area (Å²) >= 11 is 0. The van der Waals surface area contributed by atoms with Gasteiger partial charge in [0.25, 0.3) is 0 Å². The van der Waals surface area contributed by atoms with E-state index in [1.807, 2.05) is 30.6 Å². The monoisotopic (exact) mass is 309 g/mol. The summed E-state index contributed by atoms with van der Waals surface area (Å²) in [5.74, 6) is 0.107. The van der Waals surface area contributed by atoms with Crippen molar-refractivity contribution in [3.63, 3.8) is 0 Å². The third-order valence-electron chi connectivity index (χ3n) is 3.74. The maximum absolute atomic E-state index is 11.9. The van der Waals surface area contributed by atoms with Crippen LogP contribution in [0.5, 0.6) is 0 Å². The number of amides is 1. The van der Waals surface area contributed by atoms with Crippen LogP contribution < -0.4 is 9.88 Å². The fraction of sp³-hybridized carbons (Fsp3) is 0.300. The van der Waals surface area contributed by atoms with E-state index in [2.05, 4.69) is 54.1 Å². The van der Waals surface area contributed by atoms with E-state index in [1.165, 1.54) is 5.57 Å². The van der Waals surface area contributed by atoms with Gasteiger partial charge in [0.1, 0.15) is 0 Å². The van der Waals surface area contributed by atoms with E-state index in [9.17, 15) is 4.79 Å². The van der Waals surface area contributed by atoms with Crippen molar-refractivity contribution in [2.45, 2.75) is 39.7 Å². The Bertz CT molecular complexity index is 645. The molecule has 1 heterocycles. The lowest BCUT2D eigenvalue weighted by Crippen LogP contribution is -2.28. The molecule has 0 fully saturated rings. The topological polar surface area (TPSA) is 33.0 Å². The van der Waals surface area contributed by atoms with Crippen molar-refractivity contribution >= 4 is 5.91 Å². The van der Waals surface area contributed by atoms with Gasteiger partial charge in [-0.2, -0.15) is 4.57 Å². The number of benzene rings is 1. The molecule has 0 saturated carbocycles. The summed E-state index contributed by atoms with van der Waals surface area (Å²) in [6.45, 7) is 4.77. The Balaban J connectivity index is 1.82. The number of pyridine rings is 1. The van der Waals surface area contributed by atoms with Gasteiger partial charge in [0.15, 0.2) is 12.4 Å². The molecule has 1 N–H and O–H groups in total. The molecule has 120 valence electrons. The third kappa shape index (κ3) is 5.70. The van der Waals surface area contributed by atoms with Crippen molar-refractivity contribution < 1.29 is 9.36 Å². The molecule has 0 spiro atoms. The molecule has 1 amide bonds. The normalized spacial score (nSPS) is 11.3.